The van der Waals surface area contributed by atoms with Crippen molar-refractivity contribution in [3.8, 4) is 10.6 Å². The summed E-state index contributed by atoms with van der Waals surface area (Å²) in [6.45, 7) is 0.574. The number of thiazole rings is 1. The molecule has 124 valence electrons. The number of hydrogen-bond acceptors (Lipinski definition) is 6. The third-order valence-electron chi connectivity index (χ3n) is 2.90. The molecule has 2 heterocycles. The van der Waals surface area contributed by atoms with Crippen molar-refractivity contribution in [2.75, 3.05) is 19.3 Å². The molecule has 0 spiro atoms. The molecule has 0 fully saturated rings. The largest absolute Gasteiger partial charge is 0.356 e. The SMILES string of the molecule is CS(=O)(=O)NCCC(=O)NCCc1csc(-c2ccncc2)n1. The van der Waals surface area contributed by atoms with Crippen LogP contribution >= 0.6 is 11.3 Å². The Kier molecular flexibility index (Phi) is 6.20. The number of amides is 1. The average Bonchev–Trinajstić information content (AvgIpc) is 2.96. The summed E-state index contributed by atoms with van der Waals surface area (Å²) in [7, 11) is -3.25. The number of hydrogen-bond donors (Lipinski definition) is 2. The van der Waals surface area contributed by atoms with Gasteiger partial charge in [-0.15, -0.1) is 11.3 Å². The Morgan fingerprint density at radius 3 is 2.70 bits per heavy atom. The van der Waals surface area contributed by atoms with Gasteiger partial charge in [0, 0.05) is 49.3 Å². The van der Waals surface area contributed by atoms with Gasteiger partial charge in [0.05, 0.1) is 11.9 Å². The van der Waals surface area contributed by atoms with Crippen LogP contribution in [-0.4, -0.2) is 43.6 Å². The van der Waals surface area contributed by atoms with Crippen LogP contribution in [0.25, 0.3) is 10.6 Å². The number of nitrogens with zero attached hydrogens (tertiary/aromatic N) is 2. The third-order valence-corrected chi connectivity index (χ3v) is 4.57. The second kappa shape index (κ2) is 8.14. The van der Waals surface area contributed by atoms with Crippen LogP contribution in [0.1, 0.15) is 12.1 Å². The predicted molar refractivity (Wildman–Crippen MR) is 89.5 cm³/mol. The highest BCUT2D eigenvalue weighted by atomic mass is 32.2. The van der Waals surface area contributed by atoms with Gasteiger partial charge in [0.15, 0.2) is 0 Å². The number of carbonyl (C=O) groups is 1. The third kappa shape index (κ3) is 6.43. The van der Waals surface area contributed by atoms with Crippen molar-refractivity contribution in [2.24, 2.45) is 0 Å². The maximum Gasteiger partial charge on any atom is 0.221 e. The molecule has 0 aliphatic heterocycles. The Morgan fingerprint density at radius 2 is 2.00 bits per heavy atom. The van der Waals surface area contributed by atoms with Crippen molar-refractivity contribution in [1.82, 2.24) is 20.0 Å². The molecule has 2 aromatic rings. The quantitative estimate of drug-likeness (QED) is 0.730. The summed E-state index contributed by atoms with van der Waals surface area (Å²) in [4.78, 5) is 20.1. The van der Waals surface area contributed by atoms with Crippen LogP contribution in [0.4, 0.5) is 0 Å². The topological polar surface area (TPSA) is 101 Å². The van der Waals surface area contributed by atoms with Gasteiger partial charge >= 0.3 is 0 Å². The lowest BCUT2D eigenvalue weighted by Crippen LogP contribution is -2.31. The van der Waals surface area contributed by atoms with Crippen LogP contribution in [0.2, 0.25) is 0 Å². The highest BCUT2D eigenvalue weighted by molar-refractivity contribution is 7.88. The molecular weight excluding hydrogens is 336 g/mol. The number of rotatable bonds is 8. The second-order valence-corrected chi connectivity index (χ2v) is 7.59. The fourth-order valence-corrected chi connectivity index (χ4v) is 3.15. The second-order valence-electron chi connectivity index (χ2n) is 4.90. The minimum absolute atomic E-state index is 0.105. The summed E-state index contributed by atoms with van der Waals surface area (Å²) in [5, 5.41) is 5.63. The van der Waals surface area contributed by atoms with E-state index in [1.165, 1.54) is 0 Å². The maximum atomic E-state index is 11.6. The van der Waals surface area contributed by atoms with Crippen LogP contribution in [-0.2, 0) is 21.2 Å². The van der Waals surface area contributed by atoms with Gasteiger partial charge in [-0.25, -0.2) is 18.1 Å². The van der Waals surface area contributed by atoms with Crippen LogP contribution in [0, 0.1) is 0 Å². The molecule has 0 aliphatic carbocycles. The first-order valence-electron chi connectivity index (χ1n) is 7.00. The number of aromatic nitrogens is 2. The molecule has 0 aliphatic rings. The van der Waals surface area contributed by atoms with Crippen LogP contribution in [0.5, 0.6) is 0 Å². The van der Waals surface area contributed by atoms with Crippen LogP contribution < -0.4 is 10.0 Å². The molecule has 0 bridgehead atoms. The van der Waals surface area contributed by atoms with Crippen molar-refractivity contribution in [3.05, 3.63) is 35.6 Å². The molecular formula is C14H18N4O3S2. The molecule has 2 N–H and O–H groups in total. The van der Waals surface area contributed by atoms with E-state index in [4.69, 9.17) is 0 Å². The van der Waals surface area contributed by atoms with Gasteiger partial charge in [0.1, 0.15) is 5.01 Å². The first kappa shape index (κ1) is 17.5. The number of pyridine rings is 1. The van der Waals surface area contributed by atoms with Crippen molar-refractivity contribution in [1.29, 1.82) is 0 Å². The molecule has 23 heavy (non-hydrogen) atoms. The maximum absolute atomic E-state index is 11.6. The molecule has 2 aromatic heterocycles. The molecule has 0 saturated carbocycles. The molecule has 7 nitrogen and oxygen atoms in total. The van der Waals surface area contributed by atoms with E-state index in [0.29, 0.717) is 13.0 Å². The minimum Gasteiger partial charge on any atom is -0.356 e. The lowest BCUT2D eigenvalue weighted by molar-refractivity contribution is -0.120. The van der Waals surface area contributed by atoms with Crippen LogP contribution in [0.3, 0.4) is 0 Å². The molecule has 0 atom stereocenters. The Hall–Kier alpha value is -1.84. The lowest BCUT2D eigenvalue weighted by Gasteiger charge is -2.04. The normalized spacial score (nSPS) is 11.3. The molecule has 0 saturated heterocycles. The zero-order valence-electron chi connectivity index (χ0n) is 12.7. The van der Waals surface area contributed by atoms with Crippen LogP contribution in [0.15, 0.2) is 29.9 Å². The summed E-state index contributed by atoms with van der Waals surface area (Å²) in [6.07, 6.45) is 5.26. The summed E-state index contributed by atoms with van der Waals surface area (Å²) in [6, 6.07) is 3.80. The van der Waals surface area contributed by atoms with Gasteiger partial charge in [0.2, 0.25) is 15.9 Å². The Bertz CT molecular complexity index is 744. The molecule has 9 heteroatoms. The van der Waals surface area contributed by atoms with Crippen molar-refractivity contribution in [2.45, 2.75) is 12.8 Å². The predicted octanol–water partition coefficient (Wildman–Crippen LogP) is 0.803. The Morgan fingerprint density at radius 1 is 1.26 bits per heavy atom. The van der Waals surface area contributed by atoms with Crippen molar-refractivity contribution < 1.29 is 13.2 Å². The van der Waals surface area contributed by atoms with E-state index in [1.54, 1.807) is 23.7 Å². The van der Waals surface area contributed by atoms with E-state index in [-0.39, 0.29) is 18.9 Å². The van der Waals surface area contributed by atoms with Gasteiger partial charge in [-0.05, 0) is 12.1 Å². The van der Waals surface area contributed by atoms with Gasteiger partial charge in [-0.2, -0.15) is 0 Å². The zero-order chi connectivity index (χ0) is 16.7. The molecule has 0 aromatic carbocycles. The summed E-state index contributed by atoms with van der Waals surface area (Å²) >= 11 is 1.55. The highest BCUT2D eigenvalue weighted by Crippen LogP contribution is 2.22. The highest BCUT2D eigenvalue weighted by Gasteiger charge is 2.07. The van der Waals surface area contributed by atoms with Gasteiger partial charge < -0.3 is 5.32 Å². The first-order chi connectivity index (χ1) is 10.9. The smallest absolute Gasteiger partial charge is 0.221 e. The fourth-order valence-electron chi connectivity index (χ4n) is 1.82. The molecule has 0 unspecified atom stereocenters. The van der Waals surface area contributed by atoms with Gasteiger partial charge in [0.25, 0.3) is 0 Å². The Labute approximate surface area is 139 Å². The van der Waals surface area contributed by atoms with E-state index < -0.39 is 10.0 Å². The minimum atomic E-state index is -3.25. The van der Waals surface area contributed by atoms with Crippen molar-refractivity contribution in [3.63, 3.8) is 0 Å². The van der Waals surface area contributed by atoms with E-state index >= 15 is 0 Å². The molecule has 0 radical (unpaired) electrons. The van der Waals surface area contributed by atoms with E-state index in [2.05, 4.69) is 20.0 Å². The monoisotopic (exact) mass is 354 g/mol. The number of sulfonamides is 1. The number of carbonyl (C=O) groups excluding carboxylic acids is 1. The number of nitrogens with one attached hydrogen (secondary N) is 2. The summed E-state index contributed by atoms with van der Waals surface area (Å²) in [5.74, 6) is -0.189. The average molecular weight is 354 g/mol. The van der Waals surface area contributed by atoms with Crippen molar-refractivity contribution >= 4 is 27.3 Å². The molecule has 1 amide bonds. The van der Waals surface area contributed by atoms with E-state index in [1.807, 2.05) is 17.5 Å². The van der Waals surface area contributed by atoms with Gasteiger partial charge in [-0.1, -0.05) is 0 Å². The fraction of sp³-hybridized carbons (Fsp3) is 0.357. The van der Waals surface area contributed by atoms with E-state index in [0.717, 1.165) is 22.5 Å². The zero-order valence-corrected chi connectivity index (χ0v) is 14.3. The first-order valence-corrected chi connectivity index (χ1v) is 9.77. The standard InChI is InChI=1S/C14H18N4O3S2/c1-23(20,21)17-9-5-13(19)16-8-4-12-10-22-14(18-12)11-2-6-15-7-3-11/h2-3,6-7,10,17H,4-5,8-9H2,1H3,(H,16,19). The molecule has 2 rings (SSSR count). The van der Waals surface area contributed by atoms with Gasteiger partial charge in [-0.3, -0.25) is 9.78 Å². The lowest BCUT2D eigenvalue weighted by atomic mass is 10.3. The summed E-state index contributed by atoms with van der Waals surface area (Å²) in [5.41, 5.74) is 1.93. The van der Waals surface area contributed by atoms with E-state index in [9.17, 15) is 13.2 Å². The summed E-state index contributed by atoms with van der Waals surface area (Å²) < 4.78 is 24.0. The Balaban J connectivity index is 1.72.